The van der Waals surface area contributed by atoms with E-state index in [0.717, 1.165) is 17.9 Å². The van der Waals surface area contributed by atoms with Crippen LogP contribution in [0.1, 0.15) is 29.4 Å². The Labute approximate surface area is 111 Å². The van der Waals surface area contributed by atoms with Crippen molar-refractivity contribution in [1.82, 2.24) is 10.3 Å². The van der Waals surface area contributed by atoms with E-state index in [9.17, 15) is 4.79 Å². The molecule has 94 valence electrons. The molecule has 17 heavy (non-hydrogen) atoms. The van der Waals surface area contributed by atoms with Crippen LogP contribution in [0.3, 0.4) is 0 Å². The highest BCUT2D eigenvalue weighted by atomic mass is 35.5. The molecule has 0 fully saturated rings. The van der Waals surface area contributed by atoms with Gasteiger partial charge in [-0.1, -0.05) is 11.6 Å². The Hall–Kier alpha value is -0.740. The highest BCUT2D eigenvalue weighted by molar-refractivity contribution is 7.98. The molecule has 5 heteroatoms. The van der Waals surface area contributed by atoms with Crippen molar-refractivity contribution in [2.45, 2.75) is 26.3 Å². The van der Waals surface area contributed by atoms with Gasteiger partial charge >= 0.3 is 0 Å². The van der Waals surface area contributed by atoms with E-state index in [1.165, 1.54) is 6.20 Å². The number of aryl methyl sites for hydroxylation is 1. The first-order valence-corrected chi connectivity index (χ1v) is 7.23. The number of halogens is 1. The molecule has 3 nitrogen and oxygen atoms in total. The van der Waals surface area contributed by atoms with Crippen LogP contribution in [0.4, 0.5) is 0 Å². The molecule has 0 saturated carbocycles. The van der Waals surface area contributed by atoms with E-state index in [1.807, 2.05) is 13.8 Å². The van der Waals surface area contributed by atoms with Crippen molar-refractivity contribution in [3.05, 3.63) is 28.5 Å². The Morgan fingerprint density at radius 3 is 2.94 bits per heavy atom. The van der Waals surface area contributed by atoms with Gasteiger partial charge in [-0.2, -0.15) is 11.8 Å². The monoisotopic (exact) mass is 272 g/mol. The normalized spacial score (nSPS) is 12.2. The van der Waals surface area contributed by atoms with Gasteiger partial charge in [0, 0.05) is 17.9 Å². The van der Waals surface area contributed by atoms with Gasteiger partial charge in [0.05, 0.1) is 10.6 Å². The number of pyridine rings is 1. The van der Waals surface area contributed by atoms with E-state index >= 15 is 0 Å². The minimum absolute atomic E-state index is 0.146. The highest BCUT2D eigenvalue weighted by Gasteiger charge is 2.13. The summed E-state index contributed by atoms with van der Waals surface area (Å²) in [6.07, 6.45) is 4.52. The summed E-state index contributed by atoms with van der Waals surface area (Å²) in [7, 11) is 0. The lowest BCUT2D eigenvalue weighted by Crippen LogP contribution is -2.33. The van der Waals surface area contributed by atoms with Gasteiger partial charge < -0.3 is 5.32 Å². The Balaban J connectivity index is 2.63. The zero-order valence-corrected chi connectivity index (χ0v) is 11.9. The van der Waals surface area contributed by atoms with Crippen LogP contribution in [-0.2, 0) is 0 Å². The molecule has 0 saturated heterocycles. The van der Waals surface area contributed by atoms with Gasteiger partial charge in [-0.15, -0.1) is 0 Å². The Morgan fingerprint density at radius 2 is 2.35 bits per heavy atom. The lowest BCUT2D eigenvalue weighted by molar-refractivity contribution is 0.0939. The smallest absolute Gasteiger partial charge is 0.254 e. The summed E-state index contributed by atoms with van der Waals surface area (Å²) >= 11 is 7.78. The molecule has 1 amide bonds. The second kappa shape index (κ2) is 6.87. The number of carbonyl (C=O) groups excluding carboxylic acids is 1. The number of aromatic nitrogens is 1. The summed E-state index contributed by atoms with van der Waals surface area (Å²) in [6.45, 7) is 3.83. The number of hydrogen-bond acceptors (Lipinski definition) is 3. The summed E-state index contributed by atoms with van der Waals surface area (Å²) in [5, 5.41) is 3.37. The minimum atomic E-state index is -0.156. The molecule has 0 radical (unpaired) electrons. The Kier molecular flexibility index (Phi) is 5.78. The van der Waals surface area contributed by atoms with Crippen LogP contribution in [-0.4, -0.2) is 28.9 Å². The van der Waals surface area contributed by atoms with Crippen molar-refractivity contribution in [2.75, 3.05) is 12.0 Å². The summed E-state index contributed by atoms with van der Waals surface area (Å²) in [5.41, 5.74) is 1.25. The fourth-order valence-corrected chi connectivity index (χ4v) is 2.24. The average molecular weight is 273 g/mol. The quantitative estimate of drug-likeness (QED) is 0.896. The number of thioether (sulfide) groups is 1. The summed E-state index contributed by atoms with van der Waals surface area (Å²) < 4.78 is 0. The van der Waals surface area contributed by atoms with E-state index in [2.05, 4.69) is 16.6 Å². The molecule has 0 aliphatic heterocycles. The maximum atomic E-state index is 11.9. The minimum Gasteiger partial charge on any atom is -0.349 e. The van der Waals surface area contributed by atoms with Crippen molar-refractivity contribution < 1.29 is 4.79 Å². The zero-order chi connectivity index (χ0) is 12.8. The number of nitrogens with zero attached hydrogens (tertiary/aromatic N) is 1. The second-order valence-corrected chi connectivity index (χ2v) is 5.35. The van der Waals surface area contributed by atoms with Crippen LogP contribution in [0, 0.1) is 6.92 Å². The maximum Gasteiger partial charge on any atom is 0.254 e. The van der Waals surface area contributed by atoms with Crippen molar-refractivity contribution in [3.63, 3.8) is 0 Å². The second-order valence-electron chi connectivity index (χ2n) is 3.96. The molecule has 1 aromatic heterocycles. The van der Waals surface area contributed by atoms with Crippen molar-refractivity contribution >= 4 is 29.3 Å². The lowest BCUT2D eigenvalue weighted by Gasteiger charge is -2.13. The van der Waals surface area contributed by atoms with E-state index in [1.54, 1.807) is 17.8 Å². The molecule has 0 bridgehead atoms. The molecule has 0 aliphatic carbocycles. The maximum absolute atomic E-state index is 11.9. The number of hydrogen-bond donors (Lipinski definition) is 1. The molecule has 1 unspecified atom stereocenters. The topological polar surface area (TPSA) is 42.0 Å². The van der Waals surface area contributed by atoms with Gasteiger partial charge in [0.15, 0.2) is 0 Å². The first-order valence-electron chi connectivity index (χ1n) is 5.46. The van der Waals surface area contributed by atoms with Crippen LogP contribution in [0.2, 0.25) is 5.02 Å². The summed E-state index contributed by atoms with van der Waals surface area (Å²) in [5.74, 6) is 0.873. The number of amides is 1. The standard InChI is InChI=1S/C12H17ClN2OS/c1-8(4-5-17-3)15-12(16)10-7-14-9(2)6-11(10)13/h6-8H,4-5H2,1-3H3,(H,15,16). The molecule has 1 aromatic rings. The predicted octanol–water partition coefficient (Wildman–Crippen LogP) is 2.91. The van der Waals surface area contributed by atoms with Crippen LogP contribution in [0.15, 0.2) is 12.3 Å². The first kappa shape index (κ1) is 14.3. The molecular weight excluding hydrogens is 256 g/mol. The van der Waals surface area contributed by atoms with Gasteiger partial charge in [0.1, 0.15) is 0 Å². The van der Waals surface area contributed by atoms with Crippen LogP contribution in [0.5, 0.6) is 0 Å². The van der Waals surface area contributed by atoms with Crippen LogP contribution < -0.4 is 5.32 Å². The molecule has 0 spiro atoms. The molecule has 1 rings (SSSR count). The Morgan fingerprint density at radius 1 is 1.65 bits per heavy atom. The number of rotatable bonds is 5. The van der Waals surface area contributed by atoms with Gasteiger partial charge in [0.25, 0.3) is 5.91 Å². The third-order valence-corrected chi connectivity index (χ3v) is 3.32. The molecule has 1 N–H and O–H groups in total. The van der Waals surface area contributed by atoms with E-state index < -0.39 is 0 Å². The molecule has 0 aromatic carbocycles. The van der Waals surface area contributed by atoms with E-state index in [0.29, 0.717) is 10.6 Å². The lowest BCUT2D eigenvalue weighted by atomic mass is 10.2. The largest absolute Gasteiger partial charge is 0.349 e. The summed E-state index contributed by atoms with van der Waals surface area (Å²) in [6, 6.07) is 1.84. The Bertz CT molecular complexity index is 398. The van der Waals surface area contributed by atoms with Gasteiger partial charge in [0.2, 0.25) is 0 Å². The number of carbonyl (C=O) groups is 1. The van der Waals surface area contributed by atoms with E-state index in [-0.39, 0.29) is 11.9 Å². The molecular formula is C12H17ClN2OS. The van der Waals surface area contributed by atoms with Crippen molar-refractivity contribution in [3.8, 4) is 0 Å². The third kappa shape index (κ3) is 4.56. The zero-order valence-electron chi connectivity index (χ0n) is 10.3. The third-order valence-electron chi connectivity index (χ3n) is 2.37. The van der Waals surface area contributed by atoms with Crippen LogP contribution >= 0.6 is 23.4 Å². The highest BCUT2D eigenvalue weighted by Crippen LogP contribution is 2.15. The molecule has 1 atom stereocenters. The first-order chi connectivity index (χ1) is 8.04. The van der Waals surface area contributed by atoms with Crippen molar-refractivity contribution in [2.24, 2.45) is 0 Å². The predicted molar refractivity (Wildman–Crippen MR) is 73.9 cm³/mol. The van der Waals surface area contributed by atoms with Crippen LogP contribution in [0.25, 0.3) is 0 Å². The fraction of sp³-hybridized carbons (Fsp3) is 0.500. The van der Waals surface area contributed by atoms with Gasteiger partial charge in [-0.3, -0.25) is 9.78 Å². The molecule has 1 heterocycles. The van der Waals surface area contributed by atoms with E-state index in [4.69, 9.17) is 11.6 Å². The SMILES string of the molecule is CSCCC(C)NC(=O)c1cnc(C)cc1Cl. The van der Waals surface area contributed by atoms with Crippen molar-refractivity contribution in [1.29, 1.82) is 0 Å². The fourth-order valence-electron chi connectivity index (χ4n) is 1.36. The summed E-state index contributed by atoms with van der Waals surface area (Å²) in [4.78, 5) is 16.0. The molecule has 0 aliphatic rings. The van der Waals surface area contributed by atoms with Gasteiger partial charge in [-0.05, 0) is 38.3 Å². The average Bonchev–Trinajstić information content (AvgIpc) is 2.26. The van der Waals surface area contributed by atoms with Gasteiger partial charge in [-0.25, -0.2) is 0 Å². The number of nitrogens with one attached hydrogen (secondary N) is 1.